The highest BCUT2D eigenvalue weighted by molar-refractivity contribution is 5.94. The number of nitrogens with one attached hydrogen (secondary N) is 1. The van der Waals surface area contributed by atoms with Crippen molar-refractivity contribution >= 4 is 16.7 Å². The molecule has 0 atom stereocenters. The first kappa shape index (κ1) is 13.4. The first-order valence-electron chi connectivity index (χ1n) is 7.05. The van der Waals surface area contributed by atoms with Crippen molar-refractivity contribution in [3.8, 4) is 0 Å². The molecule has 2 nitrogen and oxygen atoms in total. The molecule has 0 aliphatic rings. The lowest BCUT2D eigenvalue weighted by Gasteiger charge is -2.07. The highest BCUT2D eigenvalue weighted by Gasteiger charge is 2.05. The van der Waals surface area contributed by atoms with Crippen LogP contribution >= 0.6 is 0 Å². The van der Waals surface area contributed by atoms with Gasteiger partial charge in [0, 0.05) is 12.1 Å². The van der Waals surface area contributed by atoms with E-state index in [4.69, 9.17) is 0 Å². The summed E-state index contributed by atoms with van der Waals surface area (Å²) in [4.78, 5) is 12.1. The van der Waals surface area contributed by atoms with Crippen LogP contribution < -0.4 is 5.32 Å². The molecule has 21 heavy (non-hydrogen) atoms. The number of benzene rings is 3. The van der Waals surface area contributed by atoms with Crippen LogP contribution in [0, 0.1) is 6.92 Å². The third-order valence-electron chi connectivity index (χ3n) is 3.55. The highest BCUT2D eigenvalue weighted by Crippen LogP contribution is 2.15. The summed E-state index contributed by atoms with van der Waals surface area (Å²) in [7, 11) is 0. The zero-order chi connectivity index (χ0) is 14.7. The molecule has 0 radical (unpaired) electrons. The minimum absolute atomic E-state index is 0.0353. The Morgan fingerprint density at radius 1 is 0.905 bits per heavy atom. The van der Waals surface area contributed by atoms with Crippen LogP contribution in [0.3, 0.4) is 0 Å². The number of hydrogen-bond donors (Lipinski definition) is 1. The molecule has 1 amide bonds. The van der Waals surface area contributed by atoms with Gasteiger partial charge in [-0.1, -0.05) is 54.1 Å². The van der Waals surface area contributed by atoms with E-state index in [1.807, 2.05) is 43.3 Å². The van der Waals surface area contributed by atoms with Gasteiger partial charge in [-0.3, -0.25) is 4.79 Å². The molecule has 0 aromatic heterocycles. The fourth-order valence-electron chi connectivity index (χ4n) is 2.42. The number of rotatable bonds is 3. The van der Waals surface area contributed by atoms with Crippen molar-refractivity contribution in [3.63, 3.8) is 0 Å². The zero-order valence-corrected chi connectivity index (χ0v) is 12.0. The molecule has 0 saturated heterocycles. The van der Waals surface area contributed by atoms with Crippen molar-refractivity contribution in [2.24, 2.45) is 0 Å². The molecular weight excluding hydrogens is 258 g/mol. The van der Waals surface area contributed by atoms with Crippen molar-refractivity contribution in [3.05, 3.63) is 83.4 Å². The SMILES string of the molecule is Cc1cccc(C(=O)NCc2ccc3ccccc3c2)c1. The van der Waals surface area contributed by atoms with Crippen molar-refractivity contribution in [1.82, 2.24) is 5.32 Å². The fraction of sp³-hybridized carbons (Fsp3) is 0.105. The van der Waals surface area contributed by atoms with Gasteiger partial charge in [0.25, 0.3) is 5.91 Å². The van der Waals surface area contributed by atoms with Gasteiger partial charge in [-0.25, -0.2) is 0 Å². The van der Waals surface area contributed by atoms with Crippen LogP contribution in [-0.4, -0.2) is 5.91 Å². The predicted molar refractivity (Wildman–Crippen MR) is 86.3 cm³/mol. The predicted octanol–water partition coefficient (Wildman–Crippen LogP) is 4.08. The molecule has 0 unspecified atom stereocenters. The van der Waals surface area contributed by atoms with Crippen LogP contribution in [0.2, 0.25) is 0 Å². The maximum Gasteiger partial charge on any atom is 0.251 e. The van der Waals surface area contributed by atoms with Crippen LogP contribution in [0.5, 0.6) is 0 Å². The molecule has 3 aromatic rings. The van der Waals surface area contributed by atoms with Gasteiger partial charge in [-0.15, -0.1) is 0 Å². The Morgan fingerprint density at radius 3 is 2.52 bits per heavy atom. The molecule has 3 aromatic carbocycles. The van der Waals surface area contributed by atoms with Crippen molar-refractivity contribution < 1.29 is 4.79 Å². The van der Waals surface area contributed by atoms with E-state index in [9.17, 15) is 4.79 Å². The van der Waals surface area contributed by atoms with Gasteiger partial charge in [-0.2, -0.15) is 0 Å². The van der Waals surface area contributed by atoms with Crippen LogP contribution in [0.1, 0.15) is 21.5 Å². The lowest BCUT2D eigenvalue weighted by atomic mass is 10.1. The third-order valence-corrected chi connectivity index (χ3v) is 3.55. The number of fused-ring (bicyclic) bond motifs is 1. The number of amides is 1. The molecule has 0 aliphatic heterocycles. The summed E-state index contributed by atoms with van der Waals surface area (Å²) in [5.41, 5.74) is 2.90. The third kappa shape index (κ3) is 3.11. The summed E-state index contributed by atoms with van der Waals surface area (Å²) >= 11 is 0. The van der Waals surface area contributed by atoms with E-state index in [0.29, 0.717) is 12.1 Å². The molecule has 0 aliphatic carbocycles. The monoisotopic (exact) mass is 275 g/mol. The van der Waals surface area contributed by atoms with E-state index in [0.717, 1.165) is 11.1 Å². The van der Waals surface area contributed by atoms with E-state index in [-0.39, 0.29) is 5.91 Å². The Hall–Kier alpha value is -2.61. The van der Waals surface area contributed by atoms with E-state index in [2.05, 4.69) is 35.6 Å². The minimum Gasteiger partial charge on any atom is -0.348 e. The molecule has 0 bridgehead atoms. The topological polar surface area (TPSA) is 29.1 Å². The number of aryl methyl sites for hydroxylation is 1. The Morgan fingerprint density at radius 2 is 1.71 bits per heavy atom. The Kier molecular flexibility index (Phi) is 3.69. The standard InChI is InChI=1S/C19H17NO/c1-14-5-4-8-18(11-14)19(21)20-13-15-9-10-16-6-2-3-7-17(16)12-15/h2-12H,13H2,1H3,(H,20,21). The summed E-state index contributed by atoms with van der Waals surface area (Å²) < 4.78 is 0. The Balaban J connectivity index is 1.72. The summed E-state index contributed by atoms with van der Waals surface area (Å²) in [5.74, 6) is -0.0353. The van der Waals surface area contributed by atoms with Gasteiger partial charge in [0.1, 0.15) is 0 Å². The van der Waals surface area contributed by atoms with Gasteiger partial charge in [0.2, 0.25) is 0 Å². The van der Waals surface area contributed by atoms with E-state index >= 15 is 0 Å². The molecular formula is C19H17NO. The van der Waals surface area contributed by atoms with Crippen molar-refractivity contribution in [2.75, 3.05) is 0 Å². The van der Waals surface area contributed by atoms with Gasteiger partial charge < -0.3 is 5.32 Å². The molecule has 0 fully saturated rings. The quantitative estimate of drug-likeness (QED) is 0.766. The molecule has 0 heterocycles. The highest BCUT2D eigenvalue weighted by atomic mass is 16.1. The molecule has 0 saturated carbocycles. The van der Waals surface area contributed by atoms with Crippen LogP contribution in [0.25, 0.3) is 10.8 Å². The Bertz CT molecular complexity index is 792. The summed E-state index contributed by atoms with van der Waals surface area (Å²) in [6, 6.07) is 22.1. The molecule has 1 N–H and O–H groups in total. The van der Waals surface area contributed by atoms with E-state index < -0.39 is 0 Å². The van der Waals surface area contributed by atoms with Crippen molar-refractivity contribution in [1.29, 1.82) is 0 Å². The second-order valence-corrected chi connectivity index (χ2v) is 5.23. The lowest BCUT2D eigenvalue weighted by molar-refractivity contribution is 0.0951. The average Bonchev–Trinajstić information content (AvgIpc) is 2.52. The smallest absolute Gasteiger partial charge is 0.251 e. The number of carbonyl (C=O) groups excluding carboxylic acids is 1. The zero-order valence-electron chi connectivity index (χ0n) is 12.0. The van der Waals surface area contributed by atoms with Crippen molar-refractivity contribution in [2.45, 2.75) is 13.5 Å². The summed E-state index contributed by atoms with van der Waals surface area (Å²) in [6.45, 7) is 2.53. The van der Waals surface area contributed by atoms with Gasteiger partial charge >= 0.3 is 0 Å². The molecule has 104 valence electrons. The fourth-order valence-corrected chi connectivity index (χ4v) is 2.42. The lowest BCUT2D eigenvalue weighted by Crippen LogP contribution is -2.22. The Labute approximate surface area is 124 Å². The number of carbonyl (C=O) groups is 1. The molecule has 3 rings (SSSR count). The summed E-state index contributed by atoms with van der Waals surface area (Å²) in [6.07, 6.45) is 0. The molecule has 0 spiro atoms. The largest absolute Gasteiger partial charge is 0.348 e. The summed E-state index contributed by atoms with van der Waals surface area (Å²) in [5, 5.41) is 5.38. The second kappa shape index (κ2) is 5.80. The maximum atomic E-state index is 12.1. The molecule has 2 heteroatoms. The first-order valence-corrected chi connectivity index (χ1v) is 7.05. The van der Waals surface area contributed by atoms with Gasteiger partial charge in [0.15, 0.2) is 0 Å². The first-order chi connectivity index (χ1) is 10.2. The van der Waals surface area contributed by atoms with E-state index in [1.165, 1.54) is 10.8 Å². The number of hydrogen-bond acceptors (Lipinski definition) is 1. The van der Waals surface area contributed by atoms with E-state index in [1.54, 1.807) is 0 Å². The van der Waals surface area contributed by atoms with Crippen LogP contribution in [0.15, 0.2) is 66.7 Å². The normalized spacial score (nSPS) is 10.5. The van der Waals surface area contributed by atoms with Gasteiger partial charge in [-0.05, 0) is 41.5 Å². The van der Waals surface area contributed by atoms with Gasteiger partial charge in [0.05, 0.1) is 0 Å². The maximum absolute atomic E-state index is 12.1. The minimum atomic E-state index is -0.0353. The van der Waals surface area contributed by atoms with Crippen LogP contribution in [-0.2, 0) is 6.54 Å². The van der Waals surface area contributed by atoms with Crippen LogP contribution in [0.4, 0.5) is 0 Å². The second-order valence-electron chi connectivity index (χ2n) is 5.23. The average molecular weight is 275 g/mol.